The van der Waals surface area contributed by atoms with E-state index in [0.29, 0.717) is 0 Å². The molecule has 0 aliphatic rings. The molecule has 0 atom stereocenters. The van der Waals surface area contributed by atoms with Crippen molar-refractivity contribution in [2.45, 2.75) is 10.9 Å². The molecule has 0 spiro atoms. The van der Waals surface area contributed by atoms with Crippen LogP contribution in [0.5, 0.6) is 0 Å². The molecule has 0 aliphatic heterocycles. The van der Waals surface area contributed by atoms with Gasteiger partial charge in [-0.25, -0.2) is 8.42 Å². The standard InChI is InChI=1S/C27H23ClN2O3S/c28-24-18-10-11-19-25(24)30(34(32,33)23-16-8-3-9-17-23)20-26(31)29-27(21-12-4-1-5-13-21)22-14-6-2-7-15-22/h1-19,27H,20H2,(H,29,31). The van der Waals surface area contributed by atoms with Crippen molar-refractivity contribution in [1.29, 1.82) is 0 Å². The van der Waals surface area contributed by atoms with Gasteiger partial charge in [0, 0.05) is 0 Å². The Morgan fingerprint density at radius 3 is 1.74 bits per heavy atom. The molecule has 172 valence electrons. The van der Waals surface area contributed by atoms with Crippen LogP contribution in [0.2, 0.25) is 5.02 Å². The summed E-state index contributed by atoms with van der Waals surface area (Å²) in [5.41, 5.74) is 2.01. The lowest BCUT2D eigenvalue weighted by atomic mass is 9.99. The fourth-order valence-corrected chi connectivity index (χ4v) is 5.41. The lowest BCUT2D eigenvalue weighted by molar-refractivity contribution is -0.120. The smallest absolute Gasteiger partial charge is 0.264 e. The van der Waals surface area contributed by atoms with Gasteiger partial charge in [-0.05, 0) is 35.4 Å². The van der Waals surface area contributed by atoms with Crippen LogP contribution in [0.25, 0.3) is 0 Å². The molecule has 34 heavy (non-hydrogen) atoms. The average Bonchev–Trinajstić information content (AvgIpc) is 2.88. The molecule has 1 N–H and O–H groups in total. The van der Waals surface area contributed by atoms with Crippen molar-refractivity contribution in [2.75, 3.05) is 10.8 Å². The molecule has 0 bridgehead atoms. The quantitative estimate of drug-likeness (QED) is 0.357. The van der Waals surface area contributed by atoms with Crippen molar-refractivity contribution in [3.8, 4) is 0 Å². The maximum Gasteiger partial charge on any atom is 0.264 e. The number of amides is 1. The Labute approximate surface area is 204 Å². The maximum atomic E-state index is 13.5. The second-order valence-corrected chi connectivity index (χ2v) is 9.87. The minimum Gasteiger partial charge on any atom is -0.344 e. The van der Waals surface area contributed by atoms with Gasteiger partial charge in [-0.15, -0.1) is 0 Å². The summed E-state index contributed by atoms with van der Waals surface area (Å²) in [5, 5.41) is 3.24. The predicted octanol–water partition coefficient (Wildman–Crippen LogP) is 5.44. The monoisotopic (exact) mass is 490 g/mol. The number of rotatable bonds is 8. The fourth-order valence-electron chi connectivity index (χ4n) is 3.66. The van der Waals surface area contributed by atoms with Crippen molar-refractivity contribution < 1.29 is 13.2 Å². The molecule has 4 aromatic rings. The first-order valence-electron chi connectivity index (χ1n) is 10.7. The summed E-state index contributed by atoms with van der Waals surface area (Å²) in [6.07, 6.45) is 0. The Kier molecular flexibility index (Phi) is 7.30. The Morgan fingerprint density at radius 1 is 0.735 bits per heavy atom. The molecule has 1 amide bonds. The highest BCUT2D eigenvalue weighted by atomic mass is 35.5. The van der Waals surface area contributed by atoms with Crippen LogP contribution in [-0.2, 0) is 14.8 Å². The number of sulfonamides is 1. The molecule has 0 saturated carbocycles. The van der Waals surface area contributed by atoms with Gasteiger partial charge in [0.25, 0.3) is 10.0 Å². The molecular formula is C27H23ClN2O3S. The summed E-state index contributed by atoms with van der Waals surface area (Å²) in [5.74, 6) is -0.461. The number of carbonyl (C=O) groups excluding carboxylic acids is 1. The first kappa shape index (κ1) is 23.5. The number of nitrogens with one attached hydrogen (secondary N) is 1. The topological polar surface area (TPSA) is 66.5 Å². The second-order valence-electron chi connectivity index (χ2n) is 7.60. The van der Waals surface area contributed by atoms with E-state index < -0.39 is 28.5 Å². The number of carbonyl (C=O) groups is 1. The first-order valence-corrected chi connectivity index (χ1v) is 12.5. The van der Waals surface area contributed by atoms with E-state index >= 15 is 0 Å². The van der Waals surface area contributed by atoms with Crippen molar-refractivity contribution in [3.63, 3.8) is 0 Å². The van der Waals surface area contributed by atoms with Crippen LogP contribution < -0.4 is 9.62 Å². The number of anilines is 1. The highest BCUT2D eigenvalue weighted by molar-refractivity contribution is 7.92. The number of para-hydroxylation sites is 1. The highest BCUT2D eigenvalue weighted by Crippen LogP contribution is 2.30. The Balaban J connectivity index is 1.68. The van der Waals surface area contributed by atoms with Crippen LogP contribution in [0, 0.1) is 0 Å². The predicted molar refractivity (Wildman–Crippen MR) is 135 cm³/mol. The molecular weight excluding hydrogens is 468 g/mol. The third-order valence-electron chi connectivity index (χ3n) is 5.31. The van der Waals surface area contributed by atoms with Gasteiger partial charge in [-0.2, -0.15) is 0 Å². The summed E-state index contributed by atoms with van der Waals surface area (Å²) >= 11 is 6.36. The Hall–Kier alpha value is -3.61. The van der Waals surface area contributed by atoms with Gasteiger partial charge in [0.1, 0.15) is 6.54 Å². The van der Waals surface area contributed by atoms with Crippen LogP contribution in [0.4, 0.5) is 5.69 Å². The minimum absolute atomic E-state index is 0.0744. The van der Waals surface area contributed by atoms with Crippen molar-refractivity contribution >= 4 is 33.2 Å². The van der Waals surface area contributed by atoms with Crippen molar-refractivity contribution in [2.24, 2.45) is 0 Å². The van der Waals surface area contributed by atoms with Crippen LogP contribution in [0.1, 0.15) is 17.2 Å². The zero-order valence-corrected chi connectivity index (χ0v) is 19.8. The van der Waals surface area contributed by atoms with Gasteiger partial charge >= 0.3 is 0 Å². The van der Waals surface area contributed by atoms with Crippen LogP contribution >= 0.6 is 11.6 Å². The van der Waals surface area contributed by atoms with Gasteiger partial charge in [0.15, 0.2) is 0 Å². The van der Waals surface area contributed by atoms with E-state index in [1.54, 1.807) is 42.5 Å². The SMILES string of the molecule is O=C(CN(c1ccccc1Cl)S(=O)(=O)c1ccccc1)NC(c1ccccc1)c1ccccc1. The van der Waals surface area contributed by atoms with E-state index in [-0.39, 0.29) is 15.6 Å². The summed E-state index contributed by atoms with van der Waals surface area (Å²) in [6, 6.07) is 33.2. The van der Waals surface area contributed by atoms with E-state index in [4.69, 9.17) is 11.6 Å². The van der Waals surface area contributed by atoms with E-state index in [2.05, 4.69) is 5.32 Å². The molecule has 4 aromatic carbocycles. The third kappa shape index (κ3) is 5.30. The number of hydrogen-bond acceptors (Lipinski definition) is 3. The van der Waals surface area contributed by atoms with Crippen molar-refractivity contribution in [1.82, 2.24) is 5.32 Å². The summed E-state index contributed by atoms with van der Waals surface area (Å²) < 4.78 is 28.1. The molecule has 0 saturated heterocycles. The lowest BCUT2D eigenvalue weighted by Gasteiger charge is -2.26. The largest absolute Gasteiger partial charge is 0.344 e. The normalized spacial score (nSPS) is 11.2. The molecule has 5 nitrogen and oxygen atoms in total. The van der Waals surface area contributed by atoms with Crippen molar-refractivity contribution in [3.05, 3.63) is 131 Å². The van der Waals surface area contributed by atoms with E-state index in [1.807, 2.05) is 60.7 Å². The second kappa shape index (κ2) is 10.5. The number of nitrogens with zero attached hydrogens (tertiary/aromatic N) is 1. The first-order chi connectivity index (χ1) is 16.5. The van der Waals surface area contributed by atoms with Crippen LogP contribution in [0.3, 0.4) is 0 Å². The van der Waals surface area contributed by atoms with E-state index in [1.165, 1.54) is 12.1 Å². The summed E-state index contributed by atoms with van der Waals surface area (Å²) in [7, 11) is -4.05. The molecule has 0 heterocycles. The van der Waals surface area contributed by atoms with E-state index in [0.717, 1.165) is 15.4 Å². The van der Waals surface area contributed by atoms with E-state index in [9.17, 15) is 13.2 Å². The minimum atomic E-state index is -4.05. The van der Waals surface area contributed by atoms with Crippen LogP contribution in [0.15, 0.2) is 120 Å². The van der Waals surface area contributed by atoms with Crippen LogP contribution in [-0.4, -0.2) is 20.9 Å². The molecule has 0 radical (unpaired) electrons. The van der Waals surface area contributed by atoms with Gasteiger partial charge < -0.3 is 5.32 Å². The molecule has 0 aromatic heterocycles. The maximum absolute atomic E-state index is 13.5. The van der Waals surface area contributed by atoms with Gasteiger partial charge in [-0.1, -0.05) is 103 Å². The summed E-state index contributed by atoms with van der Waals surface area (Å²) in [4.78, 5) is 13.4. The highest BCUT2D eigenvalue weighted by Gasteiger charge is 2.29. The fraction of sp³-hybridized carbons (Fsp3) is 0.0741. The molecule has 0 fully saturated rings. The Morgan fingerprint density at radius 2 is 1.21 bits per heavy atom. The third-order valence-corrected chi connectivity index (χ3v) is 7.40. The number of benzene rings is 4. The molecule has 7 heteroatoms. The molecule has 0 aliphatic carbocycles. The molecule has 0 unspecified atom stereocenters. The lowest BCUT2D eigenvalue weighted by Crippen LogP contribution is -2.42. The Bertz CT molecular complexity index is 1310. The zero-order valence-electron chi connectivity index (χ0n) is 18.2. The average molecular weight is 491 g/mol. The number of hydrogen-bond donors (Lipinski definition) is 1. The van der Waals surface area contributed by atoms with Gasteiger partial charge in [-0.3, -0.25) is 9.10 Å². The zero-order chi connectivity index (χ0) is 24.0. The number of halogens is 1. The summed E-state index contributed by atoms with van der Waals surface area (Å²) in [6.45, 7) is -0.433. The van der Waals surface area contributed by atoms with Gasteiger partial charge in [0.05, 0.1) is 21.6 Å². The molecule has 4 rings (SSSR count). The van der Waals surface area contributed by atoms with Gasteiger partial charge in [0.2, 0.25) is 5.91 Å².